The maximum Gasteiger partial charge on any atom is 0.287 e. The van der Waals surface area contributed by atoms with Crippen LogP contribution >= 0.6 is 11.3 Å². The number of nitrogens with one attached hydrogen (secondary N) is 1. The fraction of sp³-hybridized carbons (Fsp3) is 0.105. The molecule has 0 spiro atoms. The topological polar surface area (TPSA) is 82.2 Å². The zero-order valence-corrected chi connectivity index (χ0v) is 15.1. The normalized spacial score (nSPS) is 10.7. The number of anilines is 1. The number of ether oxygens (including phenoxy) is 1. The lowest BCUT2D eigenvalue weighted by Gasteiger charge is -2.07. The third-order valence-electron chi connectivity index (χ3n) is 3.69. The summed E-state index contributed by atoms with van der Waals surface area (Å²) in [5, 5.41) is 9.44. The molecule has 0 aliphatic carbocycles. The highest BCUT2D eigenvalue weighted by Crippen LogP contribution is 2.19. The molecule has 0 fully saturated rings. The Bertz CT molecular complexity index is 995. The molecular weight excluding hydrogens is 364 g/mol. The van der Waals surface area contributed by atoms with Gasteiger partial charge in [-0.05, 0) is 35.7 Å². The highest BCUT2D eigenvalue weighted by Gasteiger charge is 2.19. The second-order valence-electron chi connectivity index (χ2n) is 5.58. The van der Waals surface area contributed by atoms with E-state index in [0.29, 0.717) is 29.8 Å². The monoisotopic (exact) mass is 380 g/mol. The van der Waals surface area contributed by atoms with Crippen LogP contribution in [0.1, 0.15) is 9.67 Å². The second kappa shape index (κ2) is 7.88. The average molecular weight is 380 g/mol. The Morgan fingerprint density at radius 3 is 2.78 bits per heavy atom. The Hall–Kier alpha value is -3.39. The minimum Gasteiger partial charge on any atom is -0.484 e. The van der Waals surface area contributed by atoms with Crippen molar-refractivity contribution >= 4 is 23.2 Å². The van der Waals surface area contributed by atoms with Crippen LogP contribution in [0.25, 0.3) is 11.6 Å². The lowest BCUT2D eigenvalue weighted by atomic mass is 10.3. The van der Waals surface area contributed by atoms with Crippen molar-refractivity contribution in [2.75, 3.05) is 11.9 Å². The van der Waals surface area contributed by atoms with E-state index in [1.54, 1.807) is 35.6 Å². The summed E-state index contributed by atoms with van der Waals surface area (Å²) in [4.78, 5) is 18.2. The summed E-state index contributed by atoms with van der Waals surface area (Å²) < 4.78 is 12.1. The van der Waals surface area contributed by atoms with Crippen molar-refractivity contribution in [3.05, 3.63) is 71.1 Å². The van der Waals surface area contributed by atoms with E-state index < -0.39 is 0 Å². The largest absolute Gasteiger partial charge is 0.484 e. The van der Waals surface area contributed by atoms with E-state index in [-0.39, 0.29) is 12.5 Å². The Morgan fingerprint density at radius 1 is 1.15 bits per heavy atom. The van der Waals surface area contributed by atoms with Crippen LogP contribution in [0.5, 0.6) is 5.75 Å². The van der Waals surface area contributed by atoms with Gasteiger partial charge in [0, 0.05) is 4.88 Å². The molecule has 0 atom stereocenters. The van der Waals surface area contributed by atoms with E-state index >= 15 is 0 Å². The minimum atomic E-state index is -0.335. The third kappa shape index (κ3) is 4.06. The summed E-state index contributed by atoms with van der Waals surface area (Å²) in [6, 6.07) is 16.6. The van der Waals surface area contributed by atoms with Crippen molar-refractivity contribution in [3.63, 3.8) is 0 Å². The lowest BCUT2D eigenvalue weighted by Crippen LogP contribution is -2.22. The molecule has 136 valence electrons. The molecule has 0 radical (unpaired) electrons. The van der Waals surface area contributed by atoms with Crippen molar-refractivity contribution in [1.82, 2.24) is 14.8 Å². The van der Waals surface area contributed by atoms with Gasteiger partial charge in [0.25, 0.3) is 5.91 Å². The highest BCUT2D eigenvalue weighted by molar-refractivity contribution is 7.09. The Morgan fingerprint density at radius 2 is 2.04 bits per heavy atom. The van der Waals surface area contributed by atoms with Gasteiger partial charge in [-0.1, -0.05) is 24.3 Å². The third-order valence-corrected chi connectivity index (χ3v) is 4.57. The lowest BCUT2D eigenvalue weighted by molar-refractivity contribution is 0.0824. The fourth-order valence-electron chi connectivity index (χ4n) is 2.41. The molecule has 4 rings (SSSR count). The van der Waals surface area contributed by atoms with E-state index in [9.17, 15) is 4.79 Å². The highest BCUT2D eigenvalue weighted by atomic mass is 32.1. The van der Waals surface area contributed by atoms with Gasteiger partial charge in [0.1, 0.15) is 5.75 Å². The minimum absolute atomic E-state index is 0.154. The smallest absolute Gasteiger partial charge is 0.287 e. The van der Waals surface area contributed by atoms with Gasteiger partial charge >= 0.3 is 0 Å². The molecule has 27 heavy (non-hydrogen) atoms. The molecule has 0 saturated carbocycles. The van der Waals surface area contributed by atoms with Gasteiger partial charge in [-0.15, -0.1) is 16.4 Å². The van der Waals surface area contributed by atoms with Gasteiger partial charge in [0.05, 0.1) is 12.8 Å². The summed E-state index contributed by atoms with van der Waals surface area (Å²) in [6.07, 6.45) is 1.54. The molecule has 7 nitrogen and oxygen atoms in total. The van der Waals surface area contributed by atoms with E-state index in [2.05, 4.69) is 15.4 Å². The van der Waals surface area contributed by atoms with Gasteiger partial charge in [-0.2, -0.15) is 9.67 Å². The first-order valence-corrected chi connectivity index (χ1v) is 9.16. The van der Waals surface area contributed by atoms with Crippen molar-refractivity contribution in [3.8, 4) is 17.3 Å². The molecule has 0 aliphatic heterocycles. The van der Waals surface area contributed by atoms with E-state index in [1.807, 2.05) is 35.7 Å². The zero-order valence-electron chi connectivity index (χ0n) is 14.2. The molecule has 0 unspecified atom stereocenters. The van der Waals surface area contributed by atoms with Crippen LogP contribution in [0, 0.1) is 0 Å². The van der Waals surface area contributed by atoms with Crippen LogP contribution < -0.4 is 10.1 Å². The van der Waals surface area contributed by atoms with Crippen LogP contribution in [0.3, 0.4) is 0 Å². The fourth-order valence-corrected chi connectivity index (χ4v) is 3.06. The van der Waals surface area contributed by atoms with Gasteiger partial charge in [-0.3, -0.25) is 4.79 Å². The molecular formula is C19H16N4O3S. The molecule has 1 aromatic carbocycles. The number of furan rings is 1. The number of thiophene rings is 1. The number of nitrogens with zero attached hydrogens (tertiary/aromatic N) is 3. The Balaban J connectivity index is 1.54. The number of para-hydroxylation sites is 1. The van der Waals surface area contributed by atoms with Gasteiger partial charge in [0.15, 0.2) is 12.4 Å². The van der Waals surface area contributed by atoms with Crippen LogP contribution in [0.15, 0.2) is 70.7 Å². The van der Waals surface area contributed by atoms with Crippen LogP contribution in [-0.2, 0) is 6.54 Å². The number of hydrogen-bond acceptors (Lipinski definition) is 7. The molecule has 3 heterocycles. The van der Waals surface area contributed by atoms with Gasteiger partial charge < -0.3 is 14.5 Å². The number of benzene rings is 1. The molecule has 4 aromatic rings. The van der Waals surface area contributed by atoms with Crippen LogP contribution in [0.4, 0.5) is 5.95 Å². The van der Waals surface area contributed by atoms with Crippen LogP contribution in [0.2, 0.25) is 0 Å². The van der Waals surface area contributed by atoms with E-state index in [0.717, 1.165) is 4.88 Å². The number of rotatable bonds is 7. The van der Waals surface area contributed by atoms with Crippen LogP contribution in [-0.4, -0.2) is 27.3 Å². The Kier molecular flexibility index (Phi) is 4.97. The molecule has 0 bridgehead atoms. The first-order valence-electron chi connectivity index (χ1n) is 8.28. The summed E-state index contributed by atoms with van der Waals surface area (Å²) in [5.41, 5.74) is 0. The zero-order chi connectivity index (χ0) is 18.5. The predicted octanol–water partition coefficient (Wildman–Crippen LogP) is 3.93. The standard InChI is InChI=1S/C19H16N4O3S/c24-17(13-26-14-6-2-1-3-7-14)23-19(20-12-15-8-5-11-27-15)21-18(22-23)16-9-4-10-25-16/h1-11H,12-13H2,(H,20,21,22). The molecule has 0 aliphatic rings. The molecule has 8 heteroatoms. The number of carbonyl (C=O) groups excluding carboxylic acids is 1. The number of hydrogen-bond donors (Lipinski definition) is 1. The quantitative estimate of drug-likeness (QED) is 0.523. The average Bonchev–Trinajstić information content (AvgIpc) is 3.46. The van der Waals surface area contributed by atoms with Gasteiger partial charge in [0.2, 0.25) is 11.8 Å². The van der Waals surface area contributed by atoms with Gasteiger partial charge in [-0.25, -0.2) is 0 Å². The summed E-state index contributed by atoms with van der Waals surface area (Å²) in [5.74, 6) is 1.45. The molecule has 1 N–H and O–H groups in total. The predicted molar refractivity (Wildman–Crippen MR) is 102 cm³/mol. The van der Waals surface area contributed by atoms with Crippen molar-refractivity contribution in [2.45, 2.75) is 6.54 Å². The Labute approximate surface area is 159 Å². The van der Waals surface area contributed by atoms with E-state index in [4.69, 9.17) is 9.15 Å². The maximum absolute atomic E-state index is 12.7. The molecule has 0 saturated heterocycles. The first-order chi connectivity index (χ1) is 13.3. The van der Waals surface area contributed by atoms with E-state index in [1.165, 1.54) is 10.9 Å². The second-order valence-corrected chi connectivity index (χ2v) is 6.61. The first kappa shape index (κ1) is 17.0. The molecule has 3 aromatic heterocycles. The number of carbonyl (C=O) groups is 1. The van der Waals surface area contributed by atoms with Crippen molar-refractivity contribution < 1.29 is 13.9 Å². The summed E-state index contributed by atoms with van der Waals surface area (Å²) >= 11 is 1.62. The number of aromatic nitrogens is 3. The summed E-state index contributed by atoms with van der Waals surface area (Å²) in [7, 11) is 0. The summed E-state index contributed by atoms with van der Waals surface area (Å²) in [6.45, 7) is 0.388. The SMILES string of the molecule is O=C(COc1ccccc1)n1nc(-c2ccco2)nc1NCc1cccs1. The molecule has 0 amide bonds. The van der Waals surface area contributed by atoms with Crippen molar-refractivity contribution in [2.24, 2.45) is 0 Å². The van der Waals surface area contributed by atoms with Crippen molar-refractivity contribution in [1.29, 1.82) is 0 Å². The maximum atomic E-state index is 12.7.